The zero-order valence-corrected chi connectivity index (χ0v) is 9.92. The molecule has 2 aromatic rings. The molecule has 0 aliphatic heterocycles. The van der Waals surface area contributed by atoms with Crippen LogP contribution in [0, 0.1) is 0 Å². The maximum absolute atomic E-state index is 6.09. The molecule has 0 bridgehead atoms. The minimum atomic E-state index is -0.0938. The number of aromatic nitrogens is 2. The van der Waals surface area contributed by atoms with E-state index < -0.39 is 0 Å². The van der Waals surface area contributed by atoms with Gasteiger partial charge < -0.3 is 5.73 Å². The van der Waals surface area contributed by atoms with Crippen LogP contribution in [-0.4, -0.2) is 9.78 Å². The Morgan fingerprint density at radius 1 is 1.67 bits per heavy atom. The number of hydrogen-bond acceptors (Lipinski definition) is 3. The van der Waals surface area contributed by atoms with Crippen molar-refractivity contribution in [2.24, 2.45) is 12.8 Å². The van der Waals surface area contributed by atoms with E-state index in [0.29, 0.717) is 5.02 Å². The monoisotopic (exact) mass is 241 g/mol. The Hall–Kier alpha value is -0.840. The lowest BCUT2D eigenvalue weighted by molar-refractivity contribution is 0.620. The lowest BCUT2D eigenvalue weighted by Crippen LogP contribution is -2.17. The van der Waals surface area contributed by atoms with Gasteiger partial charge in [-0.15, -0.1) is 11.3 Å². The third-order valence-corrected chi connectivity index (χ3v) is 3.48. The van der Waals surface area contributed by atoms with Crippen LogP contribution in [0.1, 0.15) is 16.6 Å². The Balaban J connectivity index is 2.18. The summed E-state index contributed by atoms with van der Waals surface area (Å²) in [4.78, 5) is 1.26. The second kappa shape index (κ2) is 4.35. The predicted octanol–water partition coefficient (Wildman–Crippen LogP) is 2.38. The standard InChI is InChI=1S/C10H12ClN3S/c1-14-10(8(11)6-13-14)9(12)5-7-3-2-4-15-7/h2-4,6,9H,5,12H2,1H3. The third-order valence-electron chi connectivity index (χ3n) is 2.29. The van der Waals surface area contributed by atoms with E-state index in [2.05, 4.69) is 11.2 Å². The summed E-state index contributed by atoms with van der Waals surface area (Å²) in [6.45, 7) is 0. The smallest absolute Gasteiger partial charge is 0.0834 e. The van der Waals surface area contributed by atoms with E-state index >= 15 is 0 Å². The van der Waals surface area contributed by atoms with Crippen molar-refractivity contribution in [1.29, 1.82) is 0 Å². The van der Waals surface area contributed by atoms with Gasteiger partial charge in [0.15, 0.2) is 0 Å². The Kier molecular flexibility index (Phi) is 3.09. The molecule has 0 fully saturated rings. The maximum Gasteiger partial charge on any atom is 0.0834 e. The highest BCUT2D eigenvalue weighted by atomic mass is 35.5. The Morgan fingerprint density at radius 2 is 2.47 bits per heavy atom. The number of halogens is 1. The van der Waals surface area contributed by atoms with Crippen LogP contribution in [0.5, 0.6) is 0 Å². The first-order valence-corrected chi connectivity index (χ1v) is 5.89. The molecule has 15 heavy (non-hydrogen) atoms. The van der Waals surface area contributed by atoms with Crippen LogP contribution < -0.4 is 5.73 Å². The fourth-order valence-corrected chi connectivity index (χ4v) is 2.65. The van der Waals surface area contributed by atoms with E-state index in [-0.39, 0.29) is 6.04 Å². The summed E-state index contributed by atoms with van der Waals surface area (Å²) < 4.78 is 1.74. The SMILES string of the molecule is Cn1ncc(Cl)c1C(N)Cc1cccs1. The van der Waals surface area contributed by atoms with Crippen molar-refractivity contribution in [3.05, 3.63) is 39.3 Å². The Labute approximate surface area is 97.5 Å². The van der Waals surface area contributed by atoms with Crippen LogP contribution in [0.2, 0.25) is 5.02 Å². The third kappa shape index (κ3) is 2.22. The number of nitrogens with zero attached hydrogens (tertiary/aromatic N) is 2. The molecule has 0 saturated heterocycles. The molecule has 5 heteroatoms. The first-order chi connectivity index (χ1) is 7.18. The van der Waals surface area contributed by atoms with Gasteiger partial charge in [0, 0.05) is 18.3 Å². The number of thiophene rings is 1. The molecule has 0 spiro atoms. The van der Waals surface area contributed by atoms with E-state index in [1.165, 1.54) is 4.88 Å². The highest BCUT2D eigenvalue weighted by molar-refractivity contribution is 7.09. The van der Waals surface area contributed by atoms with Gasteiger partial charge in [-0.05, 0) is 11.4 Å². The molecule has 1 atom stereocenters. The molecule has 0 aliphatic carbocycles. The minimum Gasteiger partial charge on any atom is -0.322 e. The summed E-state index contributed by atoms with van der Waals surface area (Å²) in [5, 5.41) is 6.76. The number of aryl methyl sites for hydroxylation is 1. The lowest BCUT2D eigenvalue weighted by Gasteiger charge is -2.11. The second-order valence-electron chi connectivity index (χ2n) is 3.39. The second-order valence-corrected chi connectivity index (χ2v) is 4.83. The summed E-state index contributed by atoms with van der Waals surface area (Å²) in [6, 6.07) is 4.01. The fraction of sp³-hybridized carbons (Fsp3) is 0.300. The quantitative estimate of drug-likeness (QED) is 0.897. The average molecular weight is 242 g/mol. The Bertz CT molecular complexity index is 416. The topological polar surface area (TPSA) is 43.8 Å². The molecular weight excluding hydrogens is 230 g/mol. The Morgan fingerprint density at radius 3 is 3.00 bits per heavy atom. The van der Waals surface area contributed by atoms with Crippen molar-refractivity contribution < 1.29 is 0 Å². The largest absolute Gasteiger partial charge is 0.322 e. The van der Waals surface area contributed by atoms with Crippen molar-refractivity contribution in [1.82, 2.24) is 9.78 Å². The molecule has 0 aliphatic rings. The van der Waals surface area contributed by atoms with E-state index in [0.717, 1.165) is 12.1 Å². The molecule has 2 aromatic heterocycles. The fourth-order valence-electron chi connectivity index (χ4n) is 1.58. The highest BCUT2D eigenvalue weighted by Crippen LogP contribution is 2.24. The van der Waals surface area contributed by atoms with Crippen LogP contribution in [0.15, 0.2) is 23.7 Å². The highest BCUT2D eigenvalue weighted by Gasteiger charge is 2.15. The average Bonchev–Trinajstić information content (AvgIpc) is 2.77. The molecule has 0 radical (unpaired) electrons. The van der Waals surface area contributed by atoms with Crippen LogP contribution in [-0.2, 0) is 13.5 Å². The van der Waals surface area contributed by atoms with Crippen molar-refractivity contribution >= 4 is 22.9 Å². The first kappa shape index (κ1) is 10.7. The number of hydrogen-bond donors (Lipinski definition) is 1. The van der Waals surface area contributed by atoms with Gasteiger partial charge in [-0.3, -0.25) is 4.68 Å². The van der Waals surface area contributed by atoms with Gasteiger partial charge in [-0.2, -0.15) is 5.10 Å². The number of nitrogens with two attached hydrogens (primary N) is 1. The van der Waals surface area contributed by atoms with E-state index in [1.807, 2.05) is 18.5 Å². The maximum atomic E-state index is 6.09. The van der Waals surface area contributed by atoms with Gasteiger partial charge in [0.1, 0.15) is 0 Å². The summed E-state index contributed by atoms with van der Waals surface area (Å²) in [5.74, 6) is 0. The zero-order chi connectivity index (χ0) is 10.8. The molecular formula is C10H12ClN3S. The van der Waals surface area contributed by atoms with Crippen molar-refractivity contribution in [3.63, 3.8) is 0 Å². The normalized spacial score (nSPS) is 13.0. The molecule has 2 N–H and O–H groups in total. The molecule has 1 unspecified atom stereocenters. The van der Waals surface area contributed by atoms with Gasteiger partial charge in [0.25, 0.3) is 0 Å². The van der Waals surface area contributed by atoms with E-state index in [9.17, 15) is 0 Å². The van der Waals surface area contributed by atoms with Gasteiger partial charge in [-0.1, -0.05) is 17.7 Å². The molecule has 3 nitrogen and oxygen atoms in total. The molecule has 0 amide bonds. The van der Waals surface area contributed by atoms with E-state index in [4.69, 9.17) is 17.3 Å². The molecule has 0 saturated carbocycles. The van der Waals surface area contributed by atoms with E-state index in [1.54, 1.807) is 22.2 Å². The van der Waals surface area contributed by atoms with Crippen molar-refractivity contribution in [2.75, 3.05) is 0 Å². The van der Waals surface area contributed by atoms with Gasteiger partial charge in [0.05, 0.1) is 23.0 Å². The summed E-state index contributed by atoms with van der Waals surface area (Å²) >= 11 is 7.73. The van der Waals surface area contributed by atoms with Crippen LogP contribution in [0.4, 0.5) is 0 Å². The van der Waals surface area contributed by atoms with Gasteiger partial charge in [0.2, 0.25) is 0 Å². The number of rotatable bonds is 3. The summed E-state index contributed by atoms with van der Waals surface area (Å²) in [6.07, 6.45) is 2.43. The molecule has 0 aromatic carbocycles. The summed E-state index contributed by atoms with van der Waals surface area (Å²) in [7, 11) is 1.86. The van der Waals surface area contributed by atoms with Crippen LogP contribution in [0.3, 0.4) is 0 Å². The van der Waals surface area contributed by atoms with Gasteiger partial charge >= 0.3 is 0 Å². The zero-order valence-electron chi connectivity index (χ0n) is 8.35. The lowest BCUT2D eigenvalue weighted by atomic mass is 10.1. The van der Waals surface area contributed by atoms with Crippen LogP contribution >= 0.6 is 22.9 Å². The van der Waals surface area contributed by atoms with Crippen LogP contribution in [0.25, 0.3) is 0 Å². The van der Waals surface area contributed by atoms with Crippen molar-refractivity contribution in [3.8, 4) is 0 Å². The van der Waals surface area contributed by atoms with Crippen molar-refractivity contribution in [2.45, 2.75) is 12.5 Å². The van der Waals surface area contributed by atoms with Gasteiger partial charge in [-0.25, -0.2) is 0 Å². The molecule has 2 rings (SSSR count). The predicted molar refractivity (Wildman–Crippen MR) is 63.2 cm³/mol. The molecule has 80 valence electrons. The first-order valence-electron chi connectivity index (χ1n) is 4.64. The minimum absolute atomic E-state index is 0.0938. The summed E-state index contributed by atoms with van der Waals surface area (Å²) in [5.41, 5.74) is 6.99. The molecule has 2 heterocycles.